The average molecular weight is 337 g/mol. The van der Waals surface area contributed by atoms with Crippen molar-refractivity contribution in [3.63, 3.8) is 0 Å². The molecule has 1 amide bonds. The van der Waals surface area contributed by atoms with Crippen LogP contribution in [0.15, 0.2) is 30.3 Å². The van der Waals surface area contributed by atoms with E-state index < -0.39 is 0 Å². The minimum absolute atomic E-state index is 0.172. The van der Waals surface area contributed by atoms with E-state index in [-0.39, 0.29) is 5.91 Å². The predicted octanol–water partition coefficient (Wildman–Crippen LogP) is 3.18. The van der Waals surface area contributed by atoms with Gasteiger partial charge in [-0.25, -0.2) is 0 Å². The van der Waals surface area contributed by atoms with Crippen LogP contribution in [0.5, 0.6) is 5.75 Å². The lowest BCUT2D eigenvalue weighted by Gasteiger charge is -2.28. The largest absolute Gasteiger partial charge is 0.497 e. The molecule has 0 atom stereocenters. The van der Waals surface area contributed by atoms with Crippen LogP contribution in [0.2, 0.25) is 0 Å². The van der Waals surface area contributed by atoms with Crippen molar-refractivity contribution in [1.82, 2.24) is 14.5 Å². The van der Waals surface area contributed by atoms with Crippen molar-refractivity contribution in [2.45, 2.75) is 33.4 Å². The first-order valence-corrected chi connectivity index (χ1v) is 8.65. The zero-order valence-electron chi connectivity index (χ0n) is 14.9. The quantitative estimate of drug-likeness (QED) is 0.798. The van der Waals surface area contributed by atoms with Crippen LogP contribution >= 0.6 is 0 Å². The maximum Gasteiger partial charge on any atom is 0.242 e. The molecule has 0 unspecified atom stereocenters. The summed E-state index contributed by atoms with van der Waals surface area (Å²) < 4.78 is 7.44. The molecule has 0 fully saturated rings. The Labute approximate surface area is 147 Å². The first kappa shape index (κ1) is 15.8. The number of fused-ring (bicyclic) bond motifs is 3. The average Bonchev–Trinajstić information content (AvgIpc) is 3.15. The fourth-order valence-electron chi connectivity index (χ4n) is 3.72. The van der Waals surface area contributed by atoms with Crippen LogP contribution in [-0.2, 0) is 24.3 Å². The number of rotatable bonds is 3. The molecular weight excluding hydrogens is 314 g/mol. The molecule has 25 heavy (non-hydrogen) atoms. The number of aromatic nitrogens is 2. The van der Waals surface area contributed by atoms with Crippen molar-refractivity contribution in [1.29, 1.82) is 0 Å². The van der Waals surface area contributed by atoms with E-state index in [1.165, 1.54) is 11.3 Å². The molecule has 0 saturated carbocycles. The van der Waals surface area contributed by atoms with E-state index >= 15 is 0 Å². The Morgan fingerprint density at radius 1 is 1.20 bits per heavy atom. The number of hydrogen-bond donors (Lipinski definition) is 1. The number of methoxy groups -OCH3 is 1. The van der Waals surface area contributed by atoms with Crippen LogP contribution < -0.4 is 4.74 Å². The normalized spacial score (nSPS) is 14.0. The number of benzene rings is 1. The Bertz CT molecular complexity index is 932. The third-order valence-corrected chi connectivity index (χ3v) is 5.25. The molecule has 0 saturated heterocycles. The number of carbonyl (C=O) groups excluding carboxylic acids is 1. The molecule has 0 radical (unpaired) electrons. The molecule has 5 nitrogen and oxygen atoms in total. The van der Waals surface area contributed by atoms with Crippen molar-refractivity contribution in [2.24, 2.45) is 0 Å². The van der Waals surface area contributed by atoms with E-state index in [1.54, 1.807) is 7.11 Å². The smallest absolute Gasteiger partial charge is 0.242 e. The Kier molecular flexibility index (Phi) is 3.79. The van der Waals surface area contributed by atoms with E-state index in [4.69, 9.17) is 4.74 Å². The molecule has 4 rings (SSSR count). The van der Waals surface area contributed by atoms with Crippen molar-refractivity contribution >= 4 is 16.8 Å². The van der Waals surface area contributed by atoms with E-state index in [9.17, 15) is 4.79 Å². The van der Waals surface area contributed by atoms with Gasteiger partial charge in [0.05, 0.1) is 7.11 Å². The maximum atomic E-state index is 12.8. The summed E-state index contributed by atoms with van der Waals surface area (Å²) in [7, 11) is 1.68. The monoisotopic (exact) mass is 337 g/mol. The van der Waals surface area contributed by atoms with Gasteiger partial charge in [-0.2, -0.15) is 0 Å². The molecule has 3 aromatic rings. The van der Waals surface area contributed by atoms with Crippen LogP contribution in [0.1, 0.15) is 22.6 Å². The third kappa shape index (κ3) is 2.69. The summed E-state index contributed by atoms with van der Waals surface area (Å²) in [6, 6.07) is 10.2. The first-order chi connectivity index (χ1) is 12.1. The zero-order chi connectivity index (χ0) is 17.6. The molecular formula is C20H23N3O2. The minimum atomic E-state index is 0.172. The van der Waals surface area contributed by atoms with Crippen LogP contribution in [0.3, 0.4) is 0 Å². The van der Waals surface area contributed by atoms with Gasteiger partial charge in [-0.1, -0.05) is 0 Å². The Morgan fingerprint density at radius 3 is 2.68 bits per heavy atom. The van der Waals surface area contributed by atoms with Crippen LogP contribution in [0.25, 0.3) is 10.9 Å². The van der Waals surface area contributed by atoms with Crippen LogP contribution in [0.4, 0.5) is 0 Å². The van der Waals surface area contributed by atoms with Gasteiger partial charge in [0.2, 0.25) is 5.91 Å². The highest BCUT2D eigenvalue weighted by Crippen LogP contribution is 2.30. The van der Waals surface area contributed by atoms with E-state index in [2.05, 4.69) is 27.8 Å². The summed E-state index contributed by atoms with van der Waals surface area (Å²) in [5, 5.41) is 1.15. The van der Waals surface area contributed by atoms with Gasteiger partial charge in [0.15, 0.2) is 0 Å². The molecule has 5 heteroatoms. The maximum absolute atomic E-state index is 12.8. The van der Waals surface area contributed by atoms with Gasteiger partial charge in [0.25, 0.3) is 0 Å². The second kappa shape index (κ2) is 5.99. The highest BCUT2D eigenvalue weighted by atomic mass is 16.5. The summed E-state index contributed by atoms with van der Waals surface area (Å²) in [5.41, 5.74) is 5.81. The molecule has 1 aliphatic rings. The molecule has 1 N–H and O–H groups in total. The summed E-state index contributed by atoms with van der Waals surface area (Å²) in [6.45, 7) is 5.91. The van der Waals surface area contributed by atoms with Crippen molar-refractivity contribution < 1.29 is 9.53 Å². The lowest BCUT2D eigenvalue weighted by molar-refractivity contribution is -0.132. The number of amides is 1. The number of nitrogens with zero attached hydrogens (tertiary/aromatic N) is 2. The Morgan fingerprint density at radius 2 is 1.96 bits per heavy atom. The molecule has 0 aliphatic carbocycles. The van der Waals surface area contributed by atoms with Gasteiger partial charge >= 0.3 is 0 Å². The van der Waals surface area contributed by atoms with Crippen LogP contribution in [-0.4, -0.2) is 34.0 Å². The highest BCUT2D eigenvalue weighted by molar-refractivity contribution is 5.87. The summed E-state index contributed by atoms with van der Waals surface area (Å²) in [4.78, 5) is 18.3. The minimum Gasteiger partial charge on any atom is -0.497 e. The molecule has 3 heterocycles. The number of nitrogens with one attached hydrogen (secondary N) is 1. The number of H-pyrrole nitrogens is 1. The van der Waals surface area contributed by atoms with Crippen molar-refractivity contribution in [3.8, 4) is 5.75 Å². The number of carbonyl (C=O) groups is 1. The molecule has 1 aliphatic heterocycles. The zero-order valence-corrected chi connectivity index (χ0v) is 14.9. The standard InChI is InChI=1S/C20H23N3O2/c1-13-4-5-14(2)23(13)12-20(24)22-9-8-19-17(11-22)16-10-15(25-3)6-7-18(16)21-19/h4-7,10,21H,8-9,11-12H2,1-3H3. The fourth-order valence-corrected chi connectivity index (χ4v) is 3.72. The summed E-state index contributed by atoms with van der Waals surface area (Å²) in [6.07, 6.45) is 0.863. The Hall–Kier alpha value is -2.69. The fraction of sp³-hybridized carbons (Fsp3) is 0.350. The molecule has 0 spiro atoms. The lowest BCUT2D eigenvalue weighted by Crippen LogP contribution is -2.38. The number of aryl methyl sites for hydroxylation is 2. The highest BCUT2D eigenvalue weighted by Gasteiger charge is 2.24. The third-order valence-electron chi connectivity index (χ3n) is 5.25. The van der Waals surface area contributed by atoms with Gasteiger partial charge < -0.3 is 19.2 Å². The summed E-state index contributed by atoms with van der Waals surface area (Å²) in [5.74, 6) is 1.02. The second-order valence-corrected chi connectivity index (χ2v) is 6.76. The van der Waals surface area contributed by atoms with Gasteiger partial charge in [-0.3, -0.25) is 4.79 Å². The van der Waals surface area contributed by atoms with E-state index in [0.29, 0.717) is 13.1 Å². The number of aromatic amines is 1. The second-order valence-electron chi connectivity index (χ2n) is 6.76. The molecule has 0 bridgehead atoms. The molecule has 1 aromatic carbocycles. The SMILES string of the molecule is COc1ccc2[nH]c3c(c2c1)CN(C(=O)Cn1c(C)ccc1C)CC3. The number of ether oxygens (including phenoxy) is 1. The molecule has 2 aromatic heterocycles. The number of hydrogen-bond acceptors (Lipinski definition) is 2. The Balaban J connectivity index is 1.60. The van der Waals surface area contributed by atoms with Crippen molar-refractivity contribution in [2.75, 3.05) is 13.7 Å². The van der Waals surface area contributed by atoms with E-state index in [1.807, 2.05) is 30.9 Å². The van der Waals surface area contributed by atoms with Gasteiger partial charge in [0.1, 0.15) is 12.3 Å². The van der Waals surface area contributed by atoms with Crippen molar-refractivity contribution in [3.05, 3.63) is 53.0 Å². The van der Waals surface area contributed by atoms with Crippen LogP contribution in [0, 0.1) is 13.8 Å². The lowest BCUT2D eigenvalue weighted by atomic mass is 10.0. The molecule has 130 valence electrons. The summed E-state index contributed by atoms with van der Waals surface area (Å²) >= 11 is 0. The predicted molar refractivity (Wildman–Crippen MR) is 97.9 cm³/mol. The first-order valence-electron chi connectivity index (χ1n) is 8.65. The van der Waals surface area contributed by atoms with Gasteiger partial charge in [-0.15, -0.1) is 0 Å². The topological polar surface area (TPSA) is 50.3 Å². The van der Waals surface area contributed by atoms with Gasteiger partial charge in [-0.05, 0) is 44.2 Å². The van der Waals surface area contributed by atoms with Gasteiger partial charge in [0, 0.05) is 53.1 Å². The van der Waals surface area contributed by atoms with E-state index in [0.717, 1.165) is 41.0 Å².